The van der Waals surface area contributed by atoms with E-state index in [2.05, 4.69) is 22.9 Å². The van der Waals surface area contributed by atoms with E-state index in [-0.39, 0.29) is 5.91 Å². The van der Waals surface area contributed by atoms with Crippen molar-refractivity contribution in [2.24, 2.45) is 0 Å². The van der Waals surface area contributed by atoms with Crippen molar-refractivity contribution in [3.63, 3.8) is 0 Å². The zero-order chi connectivity index (χ0) is 9.84. The molecule has 0 fully saturated rings. The smallest absolute Gasteiger partial charge is 0.232 e. The number of carbonyl (C=O) groups is 1. The highest BCUT2D eigenvalue weighted by Crippen LogP contribution is 2.22. The molecule has 0 saturated heterocycles. The summed E-state index contributed by atoms with van der Waals surface area (Å²) >= 11 is 5.08. The number of hydrogen-bond acceptors (Lipinski definition) is 2. The molecular weight excluding hydrogens is 250 g/mol. The van der Waals surface area contributed by atoms with Crippen LogP contribution in [-0.4, -0.2) is 35.9 Å². The maximum Gasteiger partial charge on any atom is 0.232 e. The molecule has 1 aliphatic rings. The average molecular weight is 264 g/mol. The molecule has 0 aliphatic carbocycles. The molecule has 2 nitrogen and oxygen atoms in total. The van der Waals surface area contributed by atoms with Gasteiger partial charge in [0.1, 0.15) is 0 Å². The van der Waals surface area contributed by atoms with Crippen molar-refractivity contribution < 1.29 is 4.79 Å². The topological polar surface area (TPSA) is 20.3 Å². The lowest BCUT2D eigenvalue weighted by molar-refractivity contribution is -0.128. The molecule has 0 aromatic heterocycles. The third-order valence-corrected chi connectivity index (χ3v) is 3.63. The Morgan fingerprint density at radius 1 is 1.69 bits per heavy atom. The van der Waals surface area contributed by atoms with Crippen molar-refractivity contribution in [1.29, 1.82) is 0 Å². The van der Waals surface area contributed by atoms with Crippen molar-refractivity contribution >= 4 is 33.6 Å². The van der Waals surface area contributed by atoms with Crippen LogP contribution in [0.1, 0.15) is 13.3 Å². The molecule has 0 aromatic rings. The molecule has 0 unspecified atom stereocenters. The number of nitrogens with zero attached hydrogens (tertiary/aromatic N) is 1. The van der Waals surface area contributed by atoms with Crippen molar-refractivity contribution in [3.05, 3.63) is 10.1 Å². The van der Waals surface area contributed by atoms with Gasteiger partial charge in [0.05, 0.1) is 12.3 Å². The average Bonchev–Trinajstić information content (AvgIpc) is 2.10. The summed E-state index contributed by atoms with van der Waals surface area (Å²) in [4.78, 5) is 13.4. The molecule has 13 heavy (non-hydrogen) atoms. The van der Waals surface area contributed by atoms with Crippen LogP contribution in [-0.2, 0) is 4.79 Å². The van der Waals surface area contributed by atoms with E-state index < -0.39 is 0 Å². The lowest BCUT2D eigenvalue weighted by Gasteiger charge is -2.27. The number of amides is 1. The first-order valence-electron chi connectivity index (χ1n) is 4.26. The minimum atomic E-state index is 0.247. The van der Waals surface area contributed by atoms with Gasteiger partial charge in [0.2, 0.25) is 5.91 Å². The quantitative estimate of drug-likeness (QED) is 0.762. The molecule has 0 radical (unpaired) electrons. The zero-order valence-electron chi connectivity index (χ0n) is 7.97. The fourth-order valence-electron chi connectivity index (χ4n) is 1.25. The SMILES string of the molecule is CSCC(=O)N1CCC(C)=C(Br)C1. The van der Waals surface area contributed by atoms with Gasteiger partial charge < -0.3 is 4.90 Å². The summed E-state index contributed by atoms with van der Waals surface area (Å²) in [7, 11) is 0. The fourth-order valence-corrected chi connectivity index (χ4v) is 2.18. The van der Waals surface area contributed by atoms with Crippen molar-refractivity contribution in [2.45, 2.75) is 13.3 Å². The van der Waals surface area contributed by atoms with Crippen LogP contribution in [0.2, 0.25) is 0 Å². The van der Waals surface area contributed by atoms with E-state index in [1.807, 2.05) is 11.2 Å². The van der Waals surface area contributed by atoms with Crippen molar-refractivity contribution in [1.82, 2.24) is 4.90 Å². The number of carbonyl (C=O) groups excluding carboxylic acids is 1. The van der Waals surface area contributed by atoms with Crippen LogP contribution in [0.25, 0.3) is 0 Å². The van der Waals surface area contributed by atoms with E-state index in [0.29, 0.717) is 5.75 Å². The summed E-state index contributed by atoms with van der Waals surface area (Å²) in [6.07, 6.45) is 2.96. The molecule has 0 atom stereocenters. The van der Waals surface area contributed by atoms with E-state index in [9.17, 15) is 4.79 Å². The normalized spacial score (nSPS) is 17.9. The van der Waals surface area contributed by atoms with Gasteiger partial charge >= 0.3 is 0 Å². The van der Waals surface area contributed by atoms with Gasteiger partial charge in [0.25, 0.3) is 0 Å². The summed E-state index contributed by atoms with van der Waals surface area (Å²) in [5.41, 5.74) is 1.37. The first-order chi connectivity index (χ1) is 6.15. The van der Waals surface area contributed by atoms with E-state index in [1.165, 1.54) is 10.1 Å². The van der Waals surface area contributed by atoms with Crippen molar-refractivity contribution in [3.8, 4) is 0 Å². The lowest BCUT2D eigenvalue weighted by Crippen LogP contribution is -2.37. The van der Waals surface area contributed by atoms with Gasteiger partial charge in [-0.05, 0) is 19.6 Å². The molecule has 0 saturated carbocycles. The van der Waals surface area contributed by atoms with Gasteiger partial charge in [-0.25, -0.2) is 0 Å². The molecular formula is C9H14BrNOS. The summed E-state index contributed by atoms with van der Waals surface area (Å²) < 4.78 is 1.17. The Labute approximate surface area is 91.9 Å². The Bertz CT molecular complexity index is 240. The van der Waals surface area contributed by atoms with Crippen LogP contribution >= 0.6 is 27.7 Å². The highest BCUT2D eigenvalue weighted by atomic mass is 79.9. The van der Waals surface area contributed by atoms with Gasteiger partial charge in [0, 0.05) is 11.0 Å². The van der Waals surface area contributed by atoms with Crippen molar-refractivity contribution in [2.75, 3.05) is 25.1 Å². The van der Waals surface area contributed by atoms with Crippen LogP contribution in [0.5, 0.6) is 0 Å². The van der Waals surface area contributed by atoms with E-state index >= 15 is 0 Å². The third kappa shape index (κ3) is 3.02. The minimum Gasteiger partial charge on any atom is -0.337 e. The molecule has 74 valence electrons. The van der Waals surface area contributed by atoms with E-state index in [1.54, 1.807) is 11.8 Å². The van der Waals surface area contributed by atoms with Gasteiger partial charge in [-0.15, -0.1) is 0 Å². The maximum absolute atomic E-state index is 11.5. The fraction of sp³-hybridized carbons (Fsp3) is 0.667. The van der Waals surface area contributed by atoms with Crippen LogP contribution in [0.4, 0.5) is 0 Å². The third-order valence-electron chi connectivity index (χ3n) is 2.17. The second-order valence-corrected chi connectivity index (χ2v) is 5.01. The van der Waals surface area contributed by atoms with E-state index in [0.717, 1.165) is 19.5 Å². The Hall–Kier alpha value is 0.0400. The molecule has 0 N–H and O–H groups in total. The molecule has 1 rings (SSSR count). The Balaban J connectivity index is 2.53. The number of rotatable bonds is 2. The first-order valence-corrected chi connectivity index (χ1v) is 6.44. The van der Waals surface area contributed by atoms with Crippen LogP contribution in [0.15, 0.2) is 10.1 Å². The highest BCUT2D eigenvalue weighted by molar-refractivity contribution is 9.11. The summed E-state index contributed by atoms with van der Waals surface area (Å²) in [6.45, 7) is 3.74. The molecule has 1 aliphatic heterocycles. The Morgan fingerprint density at radius 2 is 2.38 bits per heavy atom. The maximum atomic E-state index is 11.5. The first kappa shape index (κ1) is 11.1. The monoisotopic (exact) mass is 263 g/mol. The van der Waals surface area contributed by atoms with Crippen LogP contribution in [0, 0.1) is 0 Å². The summed E-state index contributed by atoms with van der Waals surface area (Å²) in [5, 5.41) is 0. The largest absolute Gasteiger partial charge is 0.337 e. The molecule has 1 heterocycles. The van der Waals surface area contributed by atoms with Gasteiger partial charge in [-0.3, -0.25) is 4.79 Å². The van der Waals surface area contributed by atoms with Gasteiger partial charge in [-0.1, -0.05) is 21.5 Å². The predicted octanol–water partition coefficient (Wildman–Crippen LogP) is 2.25. The number of thioether (sulfide) groups is 1. The summed E-state index contributed by atoms with van der Waals surface area (Å²) in [6, 6.07) is 0. The van der Waals surface area contributed by atoms with Crippen LogP contribution in [0.3, 0.4) is 0 Å². The number of halogens is 1. The minimum absolute atomic E-state index is 0.247. The lowest BCUT2D eigenvalue weighted by atomic mass is 10.1. The molecule has 0 aromatic carbocycles. The molecule has 0 bridgehead atoms. The second kappa shape index (κ2) is 5.05. The van der Waals surface area contributed by atoms with Crippen LogP contribution < -0.4 is 0 Å². The van der Waals surface area contributed by atoms with Gasteiger partial charge in [-0.2, -0.15) is 11.8 Å². The standard InChI is InChI=1S/C9H14BrNOS/c1-7-3-4-11(5-8(7)10)9(12)6-13-2/h3-6H2,1-2H3. The van der Waals surface area contributed by atoms with Gasteiger partial charge in [0.15, 0.2) is 0 Å². The zero-order valence-corrected chi connectivity index (χ0v) is 10.4. The van der Waals surface area contributed by atoms with E-state index in [4.69, 9.17) is 0 Å². The number of hydrogen-bond donors (Lipinski definition) is 0. The Morgan fingerprint density at radius 3 is 2.92 bits per heavy atom. The second-order valence-electron chi connectivity index (χ2n) is 3.18. The highest BCUT2D eigenvalue weighted by Gasteiger charge is 2.18. The predicted molar refractivity (Wildman–Crippen MR) is 61.2 cm³/mol. The molecule has 1 amide bonds. The molecule has 4 heteroatoms. The summed E-state index contributed by atoms with van der Waals surface area (Å²) in [5.74, 6) is 0.844. The Kier molecular flexibility index (Phi) is 4.32. The molecule has 0 spiro atoms.